The minimum absolute atomic E-state index is 0.164. The maximum Gasteiger partial charge on any atom is 0.252 e. The average molecular weight is 528 g/mol. The predicted octanol–water partition coefficient (Wildman–Crippen LogP) is 5.70. The van der Waals surface area contributed by atoms with E-state index in [1.807, 2.05) is 109 Å². The Morgan fingerprint density at radius 3 is 1.33 bits per heavy atom. The third kappa shape index (κ3) is 5.27. The lowest BCUT2D eigenvalue weighted by Crippen LogP contribution is -2.50. The van der Waals surface area contributed by atoms with Gasteiger partial charge in [0.25, 0.3) is 5.91 Å². The van der Waals surface area contributed by atoms with Crippen LogP contribution in [0.1, 0.15) is 22.8 Å². The van der Waals surface area contributed by atoms with Crippen LogP contribution >= 0.6 is 6.89 Å². The maximum absolute atomic E-state index is 14.7. The second-order valence-electron chi connectivity index (χ2n) is 9.53. The number of Topliss-reactive ketones (excluding diaryl/α,β-unsaturated/α-hetero) is 1. The number of hydrogen-bond donors (Lipinski definition) is 1. The fourth-order valence-corrected chi connectivity index (χ4v) is 8.78. The maximum atomic E-state index is 14.7. The van der Waals surface area contributed by atoms with Crippen LogP contribution in [0, 0.1) is 0 Å². The van der Waals surface area contributed by atoms with Crippen LogP contribution in [0.5, 0.6) is 0 Å². The molecular weight excluding hydrogens is 497 g/mol. The number of hydrogen-bond acceptors (Lipinski definition) is 2. The van der Waals surface area contributed by atoms with E-state index in [1.54, 1.807) is 19.1 Å². The molecule has 1 amide bonds. The average Bonchev–Trinajstić information content (AvgIpc) is 3.02. The molecule has 3 nitrogen and oxygen atoms in total. The standard InChI is InChI=1S/C35H30NO2P/c1-35(29-19-9-3-10-20-29,36-34(38)28-17-7-2-8-18-28)33(37)27-39(30-21-11-4-12-22-30,31-23-13-5-14-24-31)32-25-15-6-16-26-32/h2-27H,1H3,(H,36,38). The van der Waals surface area contributed by atoms with Crippen LogP contribution < -0.4 is 21.2 Å². The van der Waals surface area contributed by atoms with Crippen LogP contribution in [-0.2, 0) is 10.3 Å². The topological polar surface area (TPSA) is 46.2 Å². The van der Waals surface area contributed by atoms with Crippen molar-refractivity contribution in [3.05, 3.63) is 163 Å². The first kappa shape index (κ1) is 26.2. The van der Waals surface area contributed by atoms with E-state index in [1.165, 1.54) is 0 Å². The number of rotatable bonds is 8. The van der Waals surface area contributed by atoms with E-state index in [-0.39, 0.29) is 11.7 Å². The summed E-state index contributed by atoms with van der Waals surface area (Å²) in [5.41, 5.74) is -0.0665. The summed E-state index contributed by atoms with van der Waals surface area (Å²) < 4.78 is 0. The van der Waals surface area contributed by atoms with E-state index in [9.17, 15) is 9.59 Å². The van der Waals surface area contributed by atoms with Gasteiger partial charge in [-0.3, -0.25) is 9.59 Å². The highest BCUT2D eigenvalue weighted by Gasteiger charge is 2.38. The molecule has 0 aliphatic rings. The van der Waals surface area contributed by atoms with Crippen molar-refractivity contribution in [1.29, 1.82) is 0 Å². The Kier molecular flexibility index (Phi) is 7.72. The lowest BCUT2D eigenvalue weighted by molar-refractivity contribution is -0.117. The Balaban J connectivity index is 1.77. The second-order valence-corrected chi connectivity index (χ2v) is 12.8. The van der Waals surface area contributed by atoms with E-state index in [0.717, 1.165) is 21.5 Å². The van der Waals surface area contributed by atoms with Crippen LogP contribution in [0.25, 0.3) is 0 Å². The van der Waals surface area contributed by atoms with E-state index < -0.39 is 12.4 Å². The Bertz CT molecular complexity index is 1500. The van der Waals surface area contributed by atoms with Crippen molar-refractivity contribution in [2.75, 3.05) is 0 Å². The van der Waals surface area contributed by atoms with Crippen molar-refractivity contribution in [1.82, 2.24) is 5.32 Å². The molecule has 5 rings (SSSR count). The molecule has 0 spiro atoms. The van der Waals surface area contributed by atoms with Crippen LogP contribution in [0.15, 0.2) is 152 Å². The first-order valence-corrected chi connectivity index (χ1v) is 14.8. The van der Waals surface area contributed by atoms with Crippen LogP contribution in [0.4, 0.5) is 0 Å². The summed E-state index contributed by atoms with van der Waals surface area (Å²) in [7, 11) is 0. The summed E-state index contributed by atoms with van der Waals surface area (Å²) in [6.45, 7) is -0.764. The van der Waals surface area contributed by atoms with Gasteiger partial charge >= 0.3 is 0 Å². The third-order valence-corrected chi connectivity index (χ3v) is 11.0. The molecule has 0 aliphatic carbocycles. The summed E-state index contributed by atoms with van der Waals surface area (Å²) >= 11 is 0. The third-order valence-electron chi connectivity index (χ3n) is 7.04. The van der Waals surface area contributed by atoms with Gasteiger partial charge in [0, 0.05) is 5.56 Å². The smallest absolute Gasteiger partial charge is 0.252 e. The van der Waals surface area contributed by atoms with Crippen LogP contribution in [0.2, 0.25) is 0 Å². The van der Waals surface area contributed by atoms with Gasteiger partial charge < -0.3 is 5.32 Å². The zero-order chi connectivity index (χ0) is 27.1. The molecule has 0 aliphatic heterocycles. The van der Waals surface area contributed by atoms with E-state index in [4.69, 9.17) is 0 Å². The zero-order valence-electron chi connectivity index (χ0n) is 21.8. The molecule has 0 aromatic heterocycles. The van der Waals surface area contributed by atoms with Crippen LogP contribution in [0.3, 0.4) is 0 Å². The Labute approximate surface area is 230 Å². The van der Waals surface area contributed by atoms with E-state index in [2.05, 4.69) is 41.7 Å². The zero-order valence-corrected chi connectivity index (χ0v) is 22.7. The number of carbonyl (C=O) groups is 2. The minimum atomic E-state index is -2.57. The number of carbonyl (C=O) groups excluding carboxylic acids is 2. The van der Waals surface area contributed by atoms with Crippen molar-refractivity contribution >= 4 is 40.3 Å². The van der Waals surface area contributed by atoms with Crippen molar-refractivity contribution in [2.24, 2.45) is 0 Å². The molecule has 5 aromatic rings. The summed E-state index contributed by atoms with van der Waals surface area (Å²) in [5, 5.41) is 6.31. The van der Waals surface area contributed by atoms with Gasteiger partial charge in [-0.2, -0.15) is 0 Å². The van der Waals surface area contributed by atoms with Gasteiger partial charge in [0.1, 0.15) is 5.54 Å². The van der Waals surface area contributed by atoms with Crippen molar-refractivity contribution < 1.29 is 9.59 Å². The molecule has 0 bridgehead atoms. The van der Waals surface area contributed by atoms with E-state index in [0.29, 0.717) is 5.56 Å². The lowest BCUT2D eigenvalue weighted by Gasteiger charge is -2.33. The largest absolute Gasteiger partial charge is 0.335 e. The SMILES string of the molecule is CC(NC(=O)c1ccccc1)(C(=O)C=P(c1ccccc1)(c1ccccc1)c1ccccc1)c1ccccc1. The second kappa shape index (κ2) is 11.5. The molecule has 1 N–H and O–H groups in total. The molecule has 0 fully saturated rings. The number of benzene rings is 5. The first-order valence-electron chi connectivity index (χ1n) is 12.9. The van der Waals surface area contributed by atoms with Crippen molar-refractivity contribution in [3.63, 3.8) is 0 Å². The monoisotopic (exact) mass is 527 g/mol. The van der Waals surface area contributed by atoms with Gasteiger partial charge in [-0.1, -0.05) is 140 Å². The summed E-state index contributed by atoms with van der Waals surface area (Å²) in [6.07, 6.45) is 0. The summed E-state index contributed by atoms with van der Waals surface area (Å²) in [6, 6.07) is 49.1. The fraction of sp³-hybridized carbons (Fsp3) is 0.0571. The highest BCUT2D eigenvalue weighted by atomic mass is 31.2. The lowest BCUT2D eigenvalue weighted by atomic mass is 9.88. The van der Waals surface area contributed by atoms with Gasteiger partial charge in [-0.15, -0.1) is 0 Å². The quantitative estimate of drug-likeness (QED) is 0.263. The van der Waals surface area contributed by atoms with Crippen LogP contribution in [-0.4, -0.2) is 17.5 Å². The van der Waals surface area contributed by atoms with Gasteiger partial charge in [0.15, 0.2) is 5.78 Å². The molecule has 39 heavy (non-hydrogen) atoms. The molecular formula is C35H30NO2P. The summed E-state index contributed by atoms with van der Waals surface area (Å²) in [4.78, 5) is 28.2. The molecule has 1 atom stereocenters. The van der Waals surface area contributed by atoms with Gasteiger partial charge in [-0.05, 0) is 53.2 Å². The molecule has 0 radical (unpaired) electrons. The molecule has 0 saturated heterocycles. The van der Waals surface area contributed by atoms with Crippen molar-refractivity contribution in [3.8, 4) is 0 Å². The highest BCUT2D eigenvalue weighted by Crippen LogP contribution is 2.44. The highest BCUT2D eigenvalue weighted by molar-refractivity contribution is 7.95. The molecule has 1 unspecified atom stereocenters. The van der Waals surface area contributed by atoms with E-state index >= 15 is 0 Å². The molecule has 192 valence electrons. The number of amides is 1. The van der Waals surface area contributed by atoms with Gasteiger partial charge in [-0.25, -0.2) is 0 Å². The minimum Gasteiger partial charge on any atom is -0.335 e. The van der Waals surface area contributed by atoms with Crippen molar-refractivity contribution in [2.45, 2.75) is 12.5 Å². The molecule has 5 aromatic carbocycles. The van der Waals surface area contributed by atoms with Gasteiger partial charge in [0.2, 0.25) is 0 Å². The molecule has 0 saturated carbocycles. The normalized spacial score (nSPS) is 12.6. The molecule has 4 heteroatoms. The Morgan fingerprint density at radius 2 is 0.923 bits per heavy atom. The Hall–Kier alpha value is -4.46. The first-order chi connectivity index (χ1) is 19.0. The molecule has 0 heterocycles. The summed E-state index contributed by atoms with van der Waals surface area (Å²) in [5.74, 6) is 1.43. The predicted molar refractivity (Wildman–Crippen MR) is 164 cm³/mol. The number of ketones is 1. The number of nitrogens with one attached hydrogen (secondary N) is 1. The fourth-order valence-electron chi connectivity index (χ4n) is 4.90. The van der Waals surface area contributed by atoms with Gasteiger partial charge in [0.05, 0.1) is 0 Å². The Morgan fingerprint density at radius 1 is 0.564 bits per heavy atom.